The Hall–Kier alpha value is 0.507. The Morgan fingerprint density at radius 3 is 1.00 bits per heavy atom. The van der Waals surface area contributed by atoms with Crippen LogP contribution in [0.2, 0.25) is 18.1 Å². The Bertz CT molecular complexity index is 226. The normalized spacial score (nSPS) is 12.0. The first-order chi connectivity index (χ1) is 11.7. The third-order valence-corrected chi connectivity index (χ3v) is 10.9. The summed E-state index contributed by atoms with van der Waals surface area (Å²) >= 11 is 7.24. The zero-order chi connectivity index (χ0) is 17.9. The van der Waals surface area contributed by atoms with E-state index in [9.17, 15) is 0 Å². The maximum Gasteiger partial charge on any atom is 0.156 e. The van der Waals surface area contributed by atoms with Crippen LogP contribution < -0.4 is 0 Å². The minimum absolute atomic E-state index is 1.34. The second-order valence-corrected chi connectivity index (χ2v) is 14.2. The molecule has 0 aliphatic heterocycles. The second-order valence-electron chi connectivity index (χ2n) is 8.00. The molecule has 0 bridgehead atoms. The molecule has 0 heterocycles. The highest BCUT2D eigenvalue weighted by Gasteiger charge is 2.28. The molecular weight excluding hydrogens is 328 g/mol. The van der Waals surface area contributed by atoms with E-state index in [0.717, 1.165) is 0 Å². The summed E-state index contributed by atoms with van der Waals surface area (Å²) in [7, 11) is -1.46. The molecule has 0 radical (unpaired) electrons. The van der Waals surface area contributed by atoms with Crippen molar-refractivity contribution in [3.8, 4) is 0 Å². The first-order valence-corrected chi connectivity index (χ1v) is 15.0. The van der Waals surface area contributed by atoms with Crippen LogP contribution in [-0.2, 0) is 0 Å². The third-order valence-electron chi connectivity index (χ3n) is 5.44. The lowest BCUT2D eigenvalue weighted by Crippen LogP contribution is -2.26. The summed E-state index contributed by atoms with van der Waals surface area (Å²) in [4.78, 5) is 0. The van der Waals surface area contributed by atoms with Gasteiger partial charge in [0.05, 0.1) is 0 Å². The van der Waals surface area contributed by atoms with Gasteiger partial charge in [0, 0.05) is 0 Å². The zero-order valence-corrected chi connectivity index (χ0v) is 19.1. The van der Waals surface area contributed by atoms with Crippen LogP contribution in [0.15, 0.2) is 0 Å². The van der Waals surface area contributed by atoms with Crippen molar-refractivity contribution in [2.75, 3.05) is 0 Å². The van der Waals surface area contributed by atoms with E-state index >= 15 is 0 Å². The lowest BCUT2D eigenvalue weighted by molar-refractivity contribution is 0.614. The van der Waals surface area contributed by atoms with E-state index in [2.05, 4.69) is 20.8 Å². The van der Waals surface area contributed by atoms with Crippen LogP contribution in [0.3, 0.4) is 0 Å². The molecule has 0 aromatic heterocycles. The van der Waals surface area contributed by atoms with E-state index < -0.39 is 7.38 Å². The van der Waals surface area contributed by atoms with E-state index in [0.29, 0.717) is 0 Å². The molecule has 0 spiro atoms. The summed E-state index contributed by atoms with van der Waals surface area (Å²) in [6.45, 7) is 6.90. The maximum absolute atomic E-state index is 7.24. The van der Waals surface area contributed by atoms with Crippen LogP contribution in [-0.4, -0.2) is 7.38 Å². The molecule has 0 saturated heterocycles. The van der Waals surface area contributed by atoms with Gasteiger partial charge in [0.2, 0.25) is 0 Å². The summed E-state index contributed by atoms with van der Waals surface area (Å²) < 4.78 is 0. The predicted octanol–water partition coefficient (Wildman–Crippen LogP) is 9.47. The SMILES string of the molecule is CCCCCCCC[Si](Cl)(CCCCCC)CCCCCCCC. The van der Waals surface area contributed by atoms with Crippen LogP contribution >= 0.6 is 11.1 Å². The van der Waals surface area contributed by atoms with Gasteiger partial charge in [-0.3, -0.25) is 0 Å². The summed E-state index contributed by atoms with van der Waals surface area (Å²) in [6.07, 6.45) is 22.5. The van der Waals surface area contributed by atoms with Gasteiger partial charge in [-0.05, 0) is 18.1 Å². The average Bonchev–Trinajstić information content (AvgIpc) is 2.58. The summed E-state index contributed by atoms with van der Waals surface area (Å²) in [6, 6.07) is 4.17. The molecule has 0 nitrogen and oxygen atoms in total. The van der Waals surface area contributed by atoms with Gasteiger partial charge in [-0.25, -0.2) is 0 Å². The molecule has 0 atom stereocenters. The summed E-state index contributed by atoms with van der Waals surface area (Å²) in [5.41, 5.74) is 0. The smallest absolute Gasteiger partial charge is 0.156 e. The van der Waals surface area contributed by atoms with Gasteiger partial charge in [-0.1, -0.05) is 124 Å². The van der Waals surface area contributed by atoms with Crippen molar-refractivity contribution in [3.63, 3.8) is 0 Å². The predicted molar refractivity (Wildman–Crippen MR) is 117 cm³/mol. The lowest BCUT2D eigenvalue weighted by atomic mass is 10.1. The number of rotatable bonds is 19. The fraction of sp³-hybridized carbons (Fsp3) is 1.00. The molecule has 0 aromatic carbocycles. The molecule has 2 heteroatoms. The molecular formula is C22H47ClSi. The van der Waals surface area contributed by atoms with E-state index in [-0.39, 0.29) is 0 Å². The first-order valence-electron chi connectivity index (χ1n) is 11.4. The zero-order valence-electron chi connectivity index (χ0n) is 17.3. The van der Waals surface area contributed by atoms with E-state index in [4.69, 9.17) is 11.1 Å². The lowest BCUT2D eigenvalue weighted by Gasteiger charge is -2.25. The molecule has 0 aliphatic rings. The van der Waals surface area contributed by atoms with Gasteiger partial charge < -0.3 is 0 Å². The molecule has 146 valence electrons. The highest BCUT2D eigenvalue weighted by molar-refractivity contribution is 7.20. The van der Waals surface area contributed by atoms with Crippen LogP contribution in [0.5, 0.6) is 0 Å². The Balaban J connectivity index is 3.98. The summed E-state index contributed by atoms with van der Waals surface area (Å²) in [5, 5.41) is 0. The highest BCUT2D eigenvalue weighted by Crippen LogP contribution is 2.33. The van der Waals surface area contributed by atoms with E-state index in [1.165, 1.54) is 121 Å². The molecule has 0 N–H and O–H groups in total. The molecule has 24 heavy (non-hydrogen) atoms. The molecule has 0 amide bonds. The van der Waals surface area contributed by atoms with Gasteiger partial charge in [0.25, 0.3) is 0 Å². The minimum atomic E-state index is -1.46. The van der Waals surface area contributed by atoms with Crippen molar-refractivity contribution < 1.29 is 0 Å². The maximum atomic E-state index is 7.24. The number of unbranched alkanes of at least 4 members (excludes halogenated alkanes) is 13. The van der Waals surface area contributed by atoms with Gasteiger partial charge >= 0.3 is 0 Å². The van der Waals surface area contributed by atoms with E-state index in [1.807, 2.05) is 0 Å². The fourth-order valence-corrected chi connectivity index (χ4v) is 8.29. The topological polar surface area (TPSA) is 0 Å². The van der Waals surface area contributed by atoms with Crippen LogP contribution in [0, 0.1) is 0 Å². The van der Waals surface area contributed by atoms with Crippen molar-refractivity contribution in [2.45, 2.75) is 142 Å². The molecule has 0 aromatic rings. The van der Waals surface area contributed by atoms with Gasteiger partial charge in [-0.15, -0.1) is 0 Å². The van der Waals surface area contributed by atoms with Crippen LogP contribution in [0.1, 0.15) is 124 Å². The molecule has 0 unspecified atom stereocenters. The molecule has 0 aliphatic carbocycles. The molecule has 0 fully saturated rings. The van der Waals surface area contributed by atoms with Crippen LogP contribution in [0.4, 0.5) is 0 Å². The fourth-order valence-electron chi connectivity index (χ4n) is 3.69. The minimum Gasteiger partial charge on any atom is -0.167 e. The van der Waals surface area contributed by atoms with Crippen molar-refractivity contribution >= 4 is 18.5 Å². The monoisotopic (exact) mass is 374 g/mol. The van der Waals surface area contributed by atoms with E-state index in [1.54, 1.807) is 0 Å². The molecule has 0 rings (SSSR count). The van der Waals surface area contributed by atoms with Gasteiger partial charge in [0.15, 0.2) is 7.38 Å². The Morgan fingerprint density at radius 1 is 0.417 bits per heavy atom. The largest absolute Gasteiger partial charge is 0.167 e. The van der Waals surface area contributed by atoms with Crippen LogP contribution in [0.25, 0.3) is 0 Å². The van der Waals surface area contributed by atoms with Crippen molar-refractivity contribution in [1.29, 1.82) is 0 Å². The van der Waals surface area contributed by atoms with Gasteiger partial charge in [-0.2, -0.15) is 11.1 Å². The highest BCUT2D eigenvalue weighted by atomic mass is 35.6. The van der Waals surface area contributed by atoms with Crippen molar-refractivity contribution in [3.05, 3.63) is 0 Å². The van der Waals surface area contributed by atoms with Crippen molar-refractivity contribution in [2.24, 2.45) is 0 Å². The standard InChI is InChI=1S/C22H47ClSi/c1-4-7-10-13-15-18-21-24(23,20-17-12-9-6-3)22-19-16-14-11-8-5-2/h4-22H2,1-3H3. The first kappa shape index (κ1) is 24.5. The number of hydrogen-bond acceptors (Lipinski definition) is 0. The number of halogens is 1. The Labute approximate surface area is 160 Å². The second kappa shape index (κ2) is 18.3. The number of hydrogen-bond donors (Lipinski definition) is 0. The quantitative estimate of drug-likeness (QED) is 0.120. The third kappa shape index (κ3) is 16.0. The average molecular weight is 375 g/mol. The molecule has 0 saturated carbocycles. The summed E-state index contributed by atoms with van der Waals surface area (Å²) in [5.74, 6) is 0. The van der Waals surface area contributed by atoms with Crippen molar-refractivity contribution in [1.82, 2.24) is 0 Å². The Morgan fingerprint density at radius 2 is 0.667 bits per heavy atom. The Kier molecular flexibility index (Phi) is 18.7. The van der Waals surface area contributed by atoms with Gasteiger partial charge in [0.1, 0.15) is 0 Å².